The molecule has 1 heteroatoms. The normalized spacial score (nSPS) is 22.9. The zero-order valence-corrected chi connectivity index (χ0v) is 9.65. The molecule has 0 saturated carbocycles. The molecule has 0 bridgehead atoms. The van der Waals surface area contributed by atoms with Crippen molar-refractivity contribution in [1.82, 2.24) is 4.90 Å². The monoisotopic (exact) mass is 203 g/mol. The highest BCUT2D eigenvalue weighted by atomic mass is 15.1. The summed E-state index contributed by atoms with van der Waals surface area (Å²) in [5, 5.41) is 0. The van der Waals surface area contributed by atoms with Gasteiger partial charge in [-0.1, -0.05) is 36.8 Å². The number of piperidine rings is 1. The minimum Gasteiger partial charge on any atom is -0.300 e. The lowest BCUT2D eigenvalue weighted by Crippen LogP contribution is -2.38. The summed E-state index contributed by atoms with van der Waals surface area (Å²) < 4.78 is 0. The van der Waals surface area contributed by atoms with E-state index in [0.29, 0.717) is 0 Å². The molecular formula is C14H21N. The highest BCUT2D eigenvalue weighted by molar-refractivity contribution is 5.14. The van der Waals surface area contributed by atoms with Gasteiger partial charge in [0, 0.05) is 12.6 Å². The van der Waals surface area contributed by atoms with Crippen LogP contribution in [0.25, 0.3) is 0 Å². The average Bonchev–Trinajstić information content (AvgIpc) is 2.29. The summed E-state index contributed by atoms with van der Waals surface area (Å²) in [6, 6.07) is 11.6. The first-order valence-corrected chi connectivity index (χ1v) is 6.14. The SMILES string of the molecule is C[C@@H]1CCCCN1CCc1ccccc1. The molecule has 1 atom stereocenters. The van der Waals surface area contributed by atoms with Gasteiger partial charge in [-0.2, -0.15) is 0 Å². The van der Waals surface area contributed by atoms with Gasteiger partial charge in [0.2, 0.25) is 0 Å². The molecule has 0 radical (unpaired) electrons. The van der Waals surface area contributed by atoms with Crippen molar-refractivity contribution in [2.45, 2.75) is 38.6 Å². The quantitative estimate of drug-likeness (QED) is 0.729. The second-order valence-electron chi connectivity index (χ2n) is 4.62. The summed E-state index contributed by atoms with van der Waals surface area (Å²) in [5.74, 6) is 0. The first-order valence-electron chi connectivity index (χ1n) is 6.14. The number of hydrogen-bond donors (Lipinski definition) is 0. The van der Waals surface area contributed by atoms with Gasteiger partial charge in [-0.3, -0.25) is 0 Å². The van der Waals surface area contributed by atoms with Gasteiger partial charge in [-0.05, 0) is 38.3 Å². The molecule has 0 aromatic heterocycles. The Kier molecular flexibility index (Phi) is 3.79. The molecule has 0 spiro atoms. The lowest BCUT2D eigenvalue weighted by molar-refractivity contribution is 0.163. The van der Waals surface area contributed by atoms with Crippen LogP contribution < -0.4 is 0 Å². The molecule has 0 N–H and O–H groups in total. The van der Waals surface area contributed by atoms with Crippen LogP contribution in [0.3, 0.4) is 0 Å². The molecule has 1 aliphatic rings. The molecule has 2 rings (SSSR count). The van der Waals surface area contributed by atoms with Crippen LogP contribution in [-0.4, -0.2) is 24.0 Å². The van der Waals surface area contributed by atoms with Crippen molar-refractivity contribution in [1.29, 1.82) is 0 Å². The number of likely N-dealkylation sites (tertiary alicyclic amines) is 1. The fourth-order valence-electron chi connectivity index (χ4n) is 2.41. The molecule has 0 aliphatic carbocycles. The van der Waals surface area contributed by atoms with Crippen molar-refractivity contribution in [3.05, 3.63) is 35.9 Å². The molecule has 1 saturated heterocycles. The number of hydrogen-bond acceptors (Lipinski definition) is 1. The van der Waals surface area contributed by atoms with Crippen molar-refractivity contribution in [3.63, 3.8) is 0 Å². The number of rotatable bonds is 3. The third-order valence-corrected chi connectivity index (χ3v) is 3.47. The van der Waals surface area contributed by atoms with Gasteiger partial charge in [-0.25, -0.2) is 0 Å². The maximum absolute atomic E-state index is 2.64. The molecule has 82 valence electrons. The lowest BCUT2D eigenvalue weighted by Gasteiger charge is -2.33. The molecule has 1 aromatic rings. The molecule has 1 aliphatic heterocycles. The first kappa shape index (κ1) is 10.7. The topological polar surface area (TPSA) is 3.24 Å². The van der Waals surface area contributed by atoms with Crippen molar-refractivity contribution in [2.24, 2.45) is 0 Å². The van der Waals surface area contributed by atoms with E-state index in [0.717, 1.165) is 6.04 Å². The van der Waals surface area contributed by atoms with Gasteiger partial charge in [0.05, 0.1) is 0 Å². The maximum atomic E-state index is 2.64. The molecule has 15 heavy (non-hydrogen) atoms. The molecule has 1 nitrogen and oxygen atoms in total. The number of benzene rings is 1. The third-order valence-electron chi connectivity index (χ3n) is 3.47. The van der Waals surface area contributed by atoms with Crippen molar-refractivity contribution < 1.29 is 0 Å². The third kappa shape index (κ3) is 3.07. The largest absolute Gasteiger partial charge is 0.300 e. The van der Waals surface area contributed by atoms with E-state index in [1.165, 1.54) is 44.3 Å². The first-order chi connectivity index (χ1) is 7.36. The summed E-state index contributed by atoms with van der Waals surface area (Å²) in [6.45, 7) is 4.89. The Morgan fingerprint density at radius 3 is 2.73 bits per heavy atom. The zero-order valence-electron chi connectivity index (χ0n) is 9.65. The molecule has 1 heterocycles. The van der Waals surface area contributed by atoms with E-state index in [4.69, 9.17) is 0 Å². The lowest BCUT2D eigenvalue weighted by atomic mass is 10.0. The molecule has 0 amide bonds. The Morgan fingerprint density at radius 2 is 2.00 bits per heavy atom. The van der Waals surface area contributed by atoms with Gasteiger partial charge in [0.15, 0.2) is 0 Å². The fourth-order valence-corrected chi connectivity index (χ4v) is 2.41. The predicted octanol–water partition coefficient (Wildman–Crippen LogP) is 3.10. The van der Waals surface area contributed by atoms with Crippen LogP contribution >= 0.6 is 0 Å². The minimum absolute atomic E-state index is 0.794. The van der Waals surface area contributed by atoms with Crippen LogP contribution in [0.5, 0.6) is 0 Å². The molecule has 1 aromatic carbocycles. The zero-order chi connectivity index (χ0) is 10.5. The Hall–Kier alpha value is -0.820. The van der Waals surface area contributed by atoms with E-state index in [9.17, 15) is 0 Å². The van der Waals surface area contributed by atoms with Gasteiger partial charge >= 0.3 is 0 Å². The van der Waals surface area contributed by atoms with Crippen molar-refractivity contribution in [2.75, 3.05) is 13.1 Å². The van der Waals surface area contributed by atoms with E-state index in [1.54, 1.807) is 0 Å². The Labute approximate surface area is 93.1 Å². The summed E-state index contributed by atoms with van der Waals surface area (Å²) in [7, 11) is 0. The van der Waals surface area contributed by atoms with Gasteiger partial charge < -0.3 is 4.90 Å². The van der Waals surface area contributed by atoms with E-state index < -0.39 is 0 Å². The Morgan fingerprint density at radius 1 is 1.20 bits per heavy atom. The summed E-state index contributed by atoms with van der Waals surface area (Å²) >= 11 is 0. The smallest absolute Gasteiger partial charge is 0.00670 e. The van der Waals surface area contributed by atoms with Crippen molar-refractivity contribution >= 4 is 0 Å². The van der Waals surface area contributed by atoms with E-state index in [-0.39, 0.29) is 0 Å². The van der Waals surface area contributed by atoms with Crippen LogP contribution in [0.15, 0.2) is 30.3 Å². The molecule has 1 fully saturated rings. The van der Waals surface area contributed by atoms with E-state index >= 15 is 0 Å². The summed E-state index contributed by atoms with van der Waals surface area (Å²) in [4.78, 5) is 2.64. The predicted molar refractivity (Wildman–Crippen MR) is 65.0 cm³/mol. The number of nitrogens with zero attached hydrogens (tertiary/aromatic N) is 1. The van der Waals surface area contributed by atoms with E-state index in [2.05, 4.69) is 42.2 Å². The van der Waals surface area contributed by atoms with Gasteiger partial charge in [-0.15, -0.1) is 0 Å². The standard InChI is InChI=1S/C14H21N/c1-13-7-5-6-11-15(13)12-10-14-8-3-2-4-9-14/h2-4,8-9,13H,5-7,10-12H2,1H3/t13-/m1/s1. The maximum Gasteiger partial charge on any atom is 0.00670 e. The molecular weight excluding hydrogens is 182 g/mol. The molecule has 0 unspecified atom stereocenters. The summed E-state index contributed by atoms with van der Waals surface area (Å²) in [5.41, 5.74) is 1.47. The van der Waals surface area contributed by atoms with Crippen LogP contribution in [0, 0.1) is 0 Å². The van der Waals surface area contributed by atoms with Gasteiger partial charge in [0.25, 0.3) is 0 Å². The van der Waals surface area contributed by atoms with Crippen LogP contribution in [0.1, 0.15) is 31.7 Å². The fraction of sp³-hybridized carbons (Fsp3) is 0.571. The summed E-state index contributed by atoms with van der Waals surface area (Å²) in [6.07, 6.45) is 5.39. The Bertz CT molecular complexity index is 281. The minimum atomic E-state index is 0.794. The van der Waals surface area contributed by atoms with Crippen LogP contribution in [0.4, 0.5) is 0 Å². The van der Waals surface area contributed by atoms with Crippen LogP contribution in [-0.2, 0) is 6.42 Å². The second kappa shape index (κ2) is 5.32. The van der Waals surface area contributed by atoms with Crippen molar-refractivity contribution in [3.8, 4) is 0 Å². The highest BCUT2D eigenvalue weighted by Gasteiger charge is 2.17. The average molecular weight is 203 g/mol. The Balaban J connectivity index is 1.82. The van der Waals surface area contributed by atoms with E-state index in [1.807, 2.05) is 0 Å². The highest BCUT2D eigenvalue weighted by Crippen LogP contribution is 2.16. The van der Waals surface area contributed by atoms with Gasteiger partial charge in [0.1, 0.15) is 0 Å². The van der Waals surface area contributed by atoms with Crippen LogP contribution in [0.2, 0.25) is 0 Å². The second-order valence-corrected chi connectivity index (χ2v) is 4.62.